The normalized spacial score (nSPS) is 27.6. The molecule has 1 saturated carbocycles. The lowest BCUT2D eigenvalue weighted by atomic mass is 9.94. The highest BCUT2D eigenvalue weighted by Crippen LogP contribution is 2.31. The van der Waals surface area contributed by atoms with Gasteiger partial charge >= 0.3 is 0 Å². The van der Waals surface area contributed by atoms with E-state index in [1.807, 2.05) is 10.9 Å². The molecule has 1 aromatic heterocycles. The van der Waals surface area contributed by atoms with Gasteiger partial charge in [0.15, 0.2) is 0 Å². The highest BCUT2D eigenvalue weighted by molar-refractivity contribution is 5.10. The van der Waals surface area contributed by atoms with Crippen LogP contribution in [0, 0.1) is 0 Å². The van der Waals surface area contributed by atoms with E-state index in [1.165, 1.54) is 18.5 Å². The van der Waals surface area contributed by atoms with E-state index >= 15 is 0 Å². The first-order valence-corrected chi connectivity index (χ1v) is 6.02. The van der Waals surface area contributed by atoms with Crippen molar-refractivity contribution in [2.45, 2.75) is 57.6 Å². The molecule has 15 heavy (non-hydrogen) atoms. The smallest absolute Gasteiger partial charge is 0.0623 e. The zero-order valence-electron chi connectivity index (χ0n) is 9.39. The molecule has 3 nitrogen and oxygen atoms in total. The standard InChI is InChI=1S/C12H20N2O/c1-2-14-11(8-9-13-14)10-6-4-3-5-7-12(10)15/h8-10,12,15H,2-7H2,1H3. The number of hydrogen-bond donors (Lipinski definition) is 1. The molecule has 2 atom stereocenters. The van der Waals surface area contributed by atoms with Gasteiger partial charge in [-0.3, -0.25) is 4.68 Å². The van der Waals surface area contributed by atoms with Crippen LogP contribution in [0.1, 0.15) is 50.6 Å². The molecule has 0 aromatic carbocycles. The minimum atomic E-state index is -0.172. The lowest BCUT2D eigenvalue weighted by molar-refractivity contribution is 0.131. The summed E-state index contributed by atoms with van der Waals surface area (Å²) in [5.41, 5.74) is 1.21. The summed E-state index contributed by atoms with van der Waals surface area (Å²) in [4.78, 5) is 0. The average Bonchev–Trinajstić information content (AvgIpc) is 2.61. The second-order valence-electron chi connectivity index (χ2n) is 4.38. The molecule has 0 radical (unpaired) electrons. The molecule has 1 aromatic rings. The summed E-state index contributed by atoms with van der Waals surface area (Å²) in [5.74, 6) is 0.301. The Bertz CT molecular complexity index is 308. The lowest BCUT2D eigenvalue weighted by Crippen LogP contribution is -2.20. The van der Waals surface area contributed by atoms with Gasteiger partial charge in [-0.1, -0.05) is 19.3 Å². The van der Waals surface area contributed by atoms with Gasteiger partial charge in [0.1, 0.15) is 0 Å². The Morgan fingerprint density at radius 3 is 3.00 bits per heavy atom. The third kappa shape index (κ3) is 2.23. The van der Waals surface area contributed by atoms with Crippen LogP contribution >= 0.6 is 0 Å². The molecular formula is C12H20N2O. The zero-order valence-corrected chi connectivity index (χ0v) is 9.39. The third-order valence-electron chi connectivity index (χ3n) is 3.41. The Labute approximate surface area is 91.1 Å². The quantitative estimate of drug-likeness (QED) is 0.757. The summed E-state index contributed by atoms with van der Waals surface area (Å²) in [6.07, 6.45) is 7.38. The summed E-state index contributed by atoms with van der Waals surface area (Å²) in [7, 11) is 0. The molecule has 3 heteroatoms. The van der Waals surface area contributed by atoms with Gasteiger partial charge < -0.3 is 5.11 Å². The number of aliphatic hydroxyl groups excluding tert-OH is 1. The van der Waals surface area contributed by atoms with E-state index in [4.69, 9.17) is 0 Å². The maximum absolute atomic E-state index is 10.1. The molecule has 0 aliphatic heterocycles. The fourth-order valence-electron chi connectivity index (χ4n) is 2.56. The van der Waals surface area contributed by atoms with Crippen LogP contribution in [0.2, 0.25) is 0 Å². The van der Waals surface area contributed by atoms with Gasteiger partial charge in [-0.05, 0) is 25.8 Å². The Morgan fingerprint density at radius 2 is 2.20 bits per heavy atom. The molecular weight excluding hydrogens is 188 g/mol. The molecule has 1 aliphatic carbocycles. The van der Waals surface area contributed by atoms with Crippen LogP contribution in [-0.2, 0) is 6.54 Å². The maximum atomic E-state index is 10.1. The van der Waals surface area contributed by atoms with Gasteiger partial charge in [-0.2, -0.15) is 5.10 Å². The second kappa shape index (κ2) is 4.79. The topological polar surface area (TPSA) is 38.0 Å². The highest BCUT2D eigenvalue weighted by atomic mass is 16.3. The minimum absolute atomic E-state index is 0.172. The van der Waals surface area contributed by atoms with Gasteiger partial charge in [0.05, 0.1) is 6.10 Å². The van der Waals surface area contributed by atoms with E-state index in [1.54, 1.807) is 0 Å². The predicted octanol–water partition coefficient (Wildman–Crippen LogP) is 2.31. The van der Waals surface area contributed by atoms with E-state index in [9.17, 15) is 5.11 Å². The largest absolute Gasteiger partial charge is 0.392 e. The fraction of sp³-hybridized carbons (Fsp3) is 0.750. The van der Waals surface area contributed by atoms with Gasteiger partial charge in [-0.25, -0.2) is 0 Å². The van der Waals surface area contributed by atoms with E-state index < -0.39 is 0 Å². The minimum Gasteiger partial charge on any atom is -0.392 e. The van der Waals surface area contributed by atoms with Crippen molar-refractivity contribution in [2.75, 3.05) is 0 Å². The van der Waals surface area contributed by atoms with Gasteiger partial charge in [0.25, 0.3) is 0 Å². The Kier molecular flexibility index (Phi) is 3.41. The third-order valence-corrected chi connectivity index (χ3v) is 3.41. The van der Waals surface area contributed by atoms with E-state index in [2.05, 4.69) is 18.1 Å². The van der Waals surface area contributed by atoms with E-state index in [0.29, 0.717) is 5.92 Å². The molecule has 1 N–H and O–H groups in total. The average molecular weight is 208 g/mol. The van der Waals surface area contributed by atoms with Gasteiger partial charge in [-0.15, -0.1) is 0 Å². The van der Waals surface area contributed by atoms with Crippen LogP contribution in [0.15, 0.2) is 12.3 Å². The van der Waals surface area contributed by atoms with Crippen molar-refractivity contribution in [1.82, 2.24) is 9.78 Å². The summed E-state index contributed by atoms with van der Waals surface area (Å²) in [5, 5.41) is 14.4. The number of aryl methyl sites for hydroxylation is 1. The molecule has 1 fully saturated rings. The molecule has 2 unspecified atom stereocenters. The monoisotopic (exact) mass is 208 g/mol. The molecule has 2 rings (SSSR count). The summed E-state index contributed by atoms with van der Waals surface area (Å²) in [6, 6.07) is 2.06. The number of rotatable bonds is 2. The van der Waals surface area contributed by atoms with Gasteiger partial charge in [0, 0.05) is 24.4 Å². The van der Waals surface area contributed by atoms with Crippen LogP contribution in [0.5, 0.6) is 0 Å². The van der Waals surface area contributed by atoms with Crippen molar-refractivity contribution >= 4 is 0 Å². The van der Waals surface area contributed by atoms with Crippen molar-refractivity contribution in [3.05, 3.63) is 18.0 Å². The fourth-order valence-corrected chi connectivity index (χ4v) is 2.56. The van der Waals surface area contributed by atoms with Gasteiger partial charge in [0.2, 0.25) is 0 Å². The molecule has 0 bridgehead atoms. The Balaban J connectivity index is 2.19. The van der Waals surface area contributed by atoms with Crippen LogP contribution < -0.4 is 0 Å². The number of hydrogen-bond acceptors (Lipinski definition) is 2. The molecule has 1 heterocycles. The molecule has 84 valence electrons. The van der Waals surface area contributed by atoms with Crippen molar-refractivity contribution in [2.24, 2.45) is 0 Å². The number of aliphatic hydroxyl groups is 1. The number of nitrogens with zero attached hydrogens (tertiary/aromatic N) is 2. The summed E-state index contributed by atoms with van der Waals surface area (Å²) < 4.78 is 2.01. The highest BCUT2D eigenvalue weighted by Gasteiger charge is 2.25. The maximum Gasteiger partial charge on any atom is 0.0623 e. The number of aromatic nitrogens is 2. The lowest BCUT2D eigenvalue weighted by Gasteiger charge is -2.21. The SMILES string of the molecule is CCn1nccc1C1CCCCCC1O. The first kappa shape index (κ1) is 10.7. The molecule has 1 aliphatic rings. The van der Waals surface area contributed by atoms with Crippen molar-refractivity contribution in [1.29, 1.82) is 0 Å². The zero-order chi connectivity index (χ0) is 10.7. The molecule has 0 amide bonds. The molecule has 0 saturated heterocycles. The predicted molar refractivity (Wildman–Crippen MR) is 59.7 cm³/mol. The van der Waals surface area contributed by atoms with E-state index in [-0.39, 0.29) is 6.10 Å². The molecule has 0 spiro atoms. The van der Waals surface area contributed by atoms with Crippen molar-refractivity contribution in [3.63, 3.8) is 0 Å². The summed E-state index contributed by atoms with van der Waals surface area (Å²) >= 11 is 0. The van der Waals surface area contributed by atoms with E-state index in [0.717, 1.165) is 25.8 Å². The summed E-state index contributed by atoms with van der Waals surface area (Å²) in [6.45, 7) is 2.99. The first-order valence-electron chi connectivity index (χ1n) is 6.02. The van der Waals surface area contributed by atoms with Crippen LogP contribution in [0.4, 0.5) is 0 Å². The Morgan fingerprint density at radius 1 is 1.40 bits per heavy atom. The van der Waals surface area contributed by atoms with Crippen LogP contribution in [0.3, 0.4) is 0 Å². The van der Waals surface area contributed by atoms with Crippen LogP contribution in [-0.4, -0.2) is 21.0 Å². The second-order valence-corrected chi connectivity index (χ2v) is 4.38. The first-order chi connectivity index (χ1) is 7.33. The van der Waals surface area contributed by atoms with Crippen molar-refractivity contribution in [3.8, 4) is 0 Å². The van der Waals surface area contributed by atoms with Crippen LogP contribution in [0.25, 0.3) is 0 Å². The van der Waals surface area contributed by atoms with Crippen molar-refractivity contribution < 1.29 is 5.11 Å². The Hall–Kier alpha value is -0.830.